The van der Waals surface area contributed by atoms with E-state index in [0.717, 1.165) is 17.6 Å². The number of nitrogens with one attached hydrogen (secondary N) is 1. The third-order valence-corrected chi connectivity index (χ3v) is 3.90. The lowest BCUT2D eigenvalue weighted by atomic mass is 10.0. The Bertz CT molecular complexity index is 551. The summed E-state index contributed by atoms with van der Waals surface area (Å²) in [6.45, 7) is 4.03. The van der Waals surface area contributed by atoms with Gasteiger partial charge in [0.1, 0.15) is 6.61 Å². The number of amides is 1. The molecule has 1 N–H and O–H groups in total. The van der Waals surface area contributed by atoms with Gasteiger partial charge in [-0.3, -0.25) is 9.59 Å². The zero-order valence-corrected chi connectivity index (χ0v) is 13.2. The first-order valence-electron chi connectivity index (χ1n) is 7.73. The highest BCUT2D eigenvalue weighted by Gasteiger charge is 2.20. The molecule has 0 radical (unpaired) electrons. The molecule has 0 spiro atoms. The van der Waals surface area contributed by atoms with Gasteiger partial charge in [0, 0.05) is 6.42 Å². The first-order valence-corrected chi connectivity index (χ1v) is 7.73. The van der Waals surface area contributed by atoms with E-state index in [9.17, 15) is 9.59 Å². The lowest BCUT2D eigenvalue weighted by molar-refractivity contribution is -0.149. The van der Waals surface area contributed by atoms with Crippen molar-refractivity contribution in [2.75, 3.05) is 6.61 Å². The fourth-order valence-corrected chi connectivity index (χ4v) is 2.37. The van der Waals surface area contributed by atoms with Gasteiger partial charge < -0.3 is 10.1 Å². The molecule has 22 heavy (non-hydrogen) atoms. The van der Waals surface area contributed by atoms with Gasteiger partial charge in [0.05, 0.1) is 12.0 Å². The van der Waals surface area contributed by atoms with Crippen molar-refractivity contribution in [3.63, 3.8) is 0 Å². The van der Waals surface area contributed by atoms with Crippen LogP contribution in [0.2, 0.25) is 0 Å². The quantitative estimate of drug-likeness (QED) is 0.640. The monoisotopic (exact) mass is 301 g/mol. The van der Waals surface area contributed by atoms with E-state index < -0.39 is 0 Å². The maximum absolute atomic E-state index is 12.1. The predicted octanol–water partition coefficient (Wildman–Crippen LogP) is 3.15. The summed E-state index contributed by atoms with van der Waals surface area (Å²) in [6, 6.07) is 9.30. The lowest BCUT2D eigenvalue weighted by Gasteiger charge is -2.21. The Morgan fingerprint density at radius 3 is 2.59 bits per heavy atom. The van der Waals surface area contributed by atoms with Gasteiger partial charge in [-0.05, 0) is 25.3 Å². The Hall–Kier alpha value is -2.10. The molecule has 0 aromatic heterocycles. The van der Waals surface area contributed by atoms with Crippen LogP contribution in [0.25, 0.3) is 0 Å². The number of hydrogen-bond acceptors (Lipinski definition) is 3. The number of allylic oxidation sites excluding steroid dienone is 2. The molecule has 2 atom stereocenters. The van der Waals surface area contributed by atoms with Crippen LogP contribution in [0.3, 0.4) is 0 Å². The summed E-state index contributed by atoms with van der Waals surface area (Å²) in [7, 11) is 0. The van der Waals surface area contributed by atoms with Crippen molar-refractivity contribution in [2.45, 2.75) is 39.2 Å². The molecule has 1 aliphatic rings. The highest BCUT2D eigenvalue weighted by molar-refractivity contribution is 5.77. The van der Waals surface area contributed by atoms with Crippen LogP contribution in [0, 0.1) is 5.92 Å². The van der Waals surface area contributed by atoms with Gasteiger partial charge in [-0.2, -0.15) is 0 Å². The van der Waals surface area contributed by atoms with Crippen LogP contribution in [0.5, 0.6) is 0 Å². The van der Waals surface area contributed by atoms with Crippen molar-refractivity contribution in [2.24, 2.45) is 5.92 Å². The largest absolute Gasteiger partial charge is 0.463 e. The molecule has 1 amide bonds. The topological polar surface area (TPSA) is 55.4 Å². The first kappa shape index (κ1) is 16.3. The zero-order chi connectivity index (χ0) is 15.9. The van der Waals surface area contributed by atoms with Crippen LogP contribution in [0.4, 0.5) is 0 Å². The SMILES string of the molecule is C/C1=C\C[C@@H](C)C(=O)OCC(c2ccccc2)NC(=O)CC1. The van der Waals surface area contributed by atoms with Gasteiger partial charge in [-0.25, -0.2) is 0 Å². The number of cyclic esters (lactones) is 1. The fourth-order valence-electron chi connectivity index (χ4n) is 2.37. The van der Waals surface area contributed by atoms with Crippen LogP contribution in [0.15, 0.2) is 42.0 Å². The molecule has 118 valence electrons. The smallest absolute Gasteiger partial charge is 0.309 e. The van der Waals surface area contributed by atoms with Crippen molar-refractivity contribution in [1.29, 1.82) is 0 Å². The summed E-state index contributed by atoms with van der Waals surface area (Å²) in [5, 5.41) is 2.96. The summed E-state index contributed by atoms with van der Waals surface area (Å²) >= 11 is 0. The number of ether oxygens (including phenoxy) is 1. The molecule has 0 aliphatic carbocycles. The van der Waals surface area contributed by atoms with Gasteiger partial charge in [-0.1, -0.05) is 48.9 Å². The van der Waals surface area contributed by atoms with E-state index in [0.29, 0.717) is 12.8 Å². The molecule has 0 saturated carbocycles. The molecule has 0 bridgehead atoms. The van der Waals surface area contributed by atoms with Crippen LogP contribution in [-0.4, -0.2) is 18.5 Å². The Morgan fingerprint density at radius 1 is 1.14 bits per heavy atom. The molecule has 1 unspecified atom stereocenters. The number of carbonyl (C=O) groups is 2. The van der Waals surface area contributed by atoms with E-state index >= 15 is 0 Å². The molecule has 1 aromatic carbocycles. The summed E-state index contributed by atoms with van der Waals surface area (Å²) in [6.07, 6.45) is 3.85. The van der Waals surface area contributed by atoms with Crippen LogP contribution < -0.4 is 5.32 Å². The van der Waals surface area contributed by atoms with E-state index in [4.69, 9.17) is 4.74 Å². The maximum atomic E-state index is 12.1. The summed E-state index contributed by atoms with van der Waals surface area (Å²) in [4.78, 5) is 24.1. The van der Waals surface area contributed by atoms with Gasteiger partial charge in [-0.15, -0.1) is 0 Å². The zero-order valence-electron chi connectivity index (χ0n) is 13.2. The summed E-state index contributed by atoms with van der Waals surface area (Å²) in [5.74, 6) is -0.410. The Labute approximate surface area is 131 Å². The Morgan fingerprint density at radius 2 is 1.86 bits per heavy atom. The lowest BCUT2D eigenvalue weighted by Crippen LogP contribution is -2.33. The first-order chi connectivity index (χ1) is 10.6. The van der Waals surface area contributed by atoms with E-state index in [1.54, 1.807) is 0 Å². The summed E-state index contributed by atoms with van der Waals surface area (Å²) in [5.41, 5.74) is 2.08. The highest BCUT2D eigenvalue weighted by Crippen LogP contribution is 2.17. The second-order valence-corrected chi connectivity index (χ2v) is 5.85. The predicted molar refractivity (Wildman–Crippen MR) is 85.1 cm³/mol. The molecular weight excluding hydrogens is 278 g/mol. The molecule has 4 heteroatoms. The average molecular weight is 301 g/mol. The summed E-state index contributed by atoms with van der Waals surface area (Å²) < 4.78 is 5.39. The second-order valence-electron chi connectivity index (χ2n) is 5.85. The number of rotatable bonds is 1. The van der Waals surface area contributed by atoms with E-state index in [1.165, 1.54) is 0 Å². The van der Waals surface area contributed by atoms with Crippen LogP contribution in [-0.2, 0) is 14.3 Å². The van der Waals surface area contributed by atoms with Crippen molar-refractivity contribution >= 4 is 11.9 Å². The number of carbonyl (C=O) groups excluding carboxylic acids is 2. The van der Waals surface area contributed by atoms with E-state index in [-0.39, 0.29) is 30.4 Å². The highest BCUT2D eigenvalue weighted by atomic mass is 16.5. The van der Waals surface area contributed by atoms with E-state index in [1.807, 2.05) is 50.3 Å². The van der Waals surface area contributed by atoms with E-state index in [2.05, 4.69) is 5.32 Å². The number of esters is 1. The molecule has 0 fully saturated rings. The van der Waals surface area contributed by atoms with Crippen LogP contribution >= 0.6 is 0 Å². The average Bonchev–Trinajstić information content (AvgIpc) is 2.54. The second kappa shape index (κ2) is 7.78. The van der Waals surface area contributed by atoms with Crippen molar-refractivity contribution in [3.05, 3.63) is 47.5 Å². The minimum Gasteiger partial charge on any atom is -0.463 e. The third-order valence-electron chi connectivity index (χ3n) is 3.90. The minimum atomic E-state index is -0.298. The number of benzene rings is 1. The van der Waals surface area contributed by atoms with Crippen molar-refractivity contribution in [1.82, 2.24) is 5.32 Å². The third kappa shape index (κ3) is 4.72. The standard InChI is InChI=1S/C18H23NO3/c1-13-8-10-14(2)18(21)22-12-16(19-17(20)11-9-13)15-6-4-3-5-7-15/h3-8,14,16H,9-12H2,1-2H3,(H,19,20)/b13-8+/t14-,16?/m1/s1. The number of hydrogen-bond donors (Lipinski definition) is 1. The van der Waals surface area contributed by atoms with Crippen molar-refractivity contribution in [3.8, 4) is 0 Å². The maximum Gasteiger partial charge on any atom is 0.309 e. The fraction of sp³-hybridized carbons (Fsp3) is 0.444. The molecule has 1 aromatic rings. The van der Waals surface area contributed by atoms with Crippen LogP contribution in [0.1, 0.15) is 44.7 Å². The van der Waals surface area contributed by atoms with Gasteiger partial charge >= 0.3 is 5.97 Å². The molecule has 1 aliphatic heterocycles. The molecule has 2 rings (SSSR count). The van der Waals surface area contributed by atoms with Gasteiger partial charge in [0.15, 0.2) is 0 Å². The molecule has 0 saturated heterocycles. The Balaban J connectivity index is 2.16. The van der Waals surface area contributed by atoms with Gasteiger partial charge in [0.25, 0.3) is 0 Å². The molecular formula is C18H23NO3. The van der Waals surface area contributed by atoms with Gasteiger partial charge in [0.2, 0.25) is 5.91 Å². The molecule has 1 heterocycles. The Kier molecular flexibility index (Phi) is 5.75. The minimum absolute atomic E-state index is 0.0220. The molecule has 4 nitrogen and oxygen atoms in total. The van der Waals surface area contributed by atoms with Crippen molar-refractivity contribution < 1.29 is 14.3 Å². The normalized spacial score (nSPS) is 26.7.